The van der Waals surface area contributed by atoms with Gasteiger partial charge in [0.15, 0.2) is 0 Å². The second-order valence-corrected chi connectivity index (χ2v) is 7.74. The maximum Gasteiger partial charge on any atom is 0.230 e. The number of hydrogen-bond donors (Lipinski definition) is 0. The molecule has 2 heterocycles. The molecule has 2 fully saturated rings. The Hall–Kier alpha value is -2.10. The van der Waals surface area contributed by atoms with Crippen molar-refractivity contribution in [1.82, 2.24) is 14.7 Å². The summed E-state index contributed by atoms with van der Waals surface area (Å²) in [5.74, 6) is 0.333. The van der Waals surface area contributed by atoms with Crippen LogP contribution in [-0.2, 0) is 16.8 Å². The van der Waals surface area contributed by atoms with E-state index in [4.69, 9.17) is 0 Å². The van der Waals surface area contributed by atoms with E-state index in [2.05, 4.69) is 47.3 Å². The van der Waals surface area contributed by atoms with Crippen LogP contribution in [0, 0.1) is 5.41 Å². The second-order valence-electron chi connectivity index (χ2n) is 7.74. The van der Waals surface area contributed by atoms with E-state index in [1.54, 1.807) is 6.20 Å². The predicted octanol–water partition coefficient (Wildman–Crippen LogP) is 3.24. The van der Waals surface area contributed by atoms with Crippen molar-refractivity contribution in [3.63, 3.8) is 0 Å². The standard InChI is InChI=1S/C20H25N3O/c1-19(17-7-3-2-4-8-17)9-5-13-22(15-19)18(24)20(10-11-20)16-23-14-6-12-21-23/h2-4,6-8,12,14H,5,9-11,13,15-16H2,1H3. The Balaban J connectivity index is 1.51. The molecule has 1 aliphatic heterocycles. The summed E-state index contributed by atoms with van der Waals surface area (Å²) in [5.41, 5.74) is 1.21. The van der Waals surface area contributed by atoms with Crippen molar-refractivity contribution in [2.75, 3.05) is 13.1 Å². The fourth-order valence-electron chi connectivity index (χ4n) is 4.12. The largest absolute Gasteiger partial charge is 0.341 e. The van der Waals surface area contributed by atoms with Crippen molar-refractivity contribution in [1.29, 1.82) is 0 Å². The second kappa shape index (κ2) is 5.76. The van der Waals surface area contributed by atoms with Gasteiger partial charge in [0.05, 0.1) is 12.0 Å². The Morgan fingerprint density at radius 1 is 1.17 bits per heavy atom. The number of carbonyl (C=O) groups is 1. The van der Waals surface area contributed by atoms with Crippen molar-refractivity contribution < 1.29 is 4.79 Å². The average molecular weight is 323 g/mol. The number of rotatable bonds is 4. The van der Waals surface area contributed by atoms with E-state index in [0.29, 0.717) is 5.91 Å². The molecule has 1 aromatic carbocycles. The average Bonchev–Trinajstić information content (AvgIpc) is 3.21. The summed E-state index contributed by atoms with van der Waals surface area (Å²) in [6.45, 7) is 4.74. The van der Waals surface area contributed by atoms with Gasteiger partial charge in [-0.1, -0.05) is 37.3 Å². The van der Waals surface area contributed by atoms with Crippen LogP contribution < -0.4 is 0 Å². The molecule has 1 saturated carbocycles. The SMILES string of the molecule is CC1(c2ccccc2)CCCN(C(=O)C2(Cn3cccn3)CC2)C1. The van der Waals surface area contributed by atoms with E-state index in [0.717, 1.165) is 45.3 Å². The zero-order chi connectivity index (χ0) is 16.6. The topological polar surface area (TPSA) is 38.1 Å². The molecule has 0 N–H and O–H groups in total. The number of carbonyl (C=O) groups excluding carboxylic acids is 1. The van der Waals surface area contributed by atoms with Gasteiger partial charge in [0, 0.05) is 30.9 Å². The van der Waals surface area contributed by atoms with Gasteiger partial charge < -0.3 is 4.90 Å². The minimum Gasteiger partial charge on any atom is -0.341 e. The summed E-state index contributed by atoms with van der Waals surface area (Å²) < 4.78 is 1.91. The van der Waals surface area contributed by atoms with Crippen molar-refractivity contribution in [2.24, 2.45) is 5.41 Å². The van der Waals surface area contributed by atoms with Gasteiger partial charge in [0.25, 0.3) is 0 Å². The van der Waals surface area contributed by atoms with Crippen LogP contribution in [0.3, 0.4) is 0 Å². The summed E-state index contributed by atoms with van der Waals surface area (Å²) in [5, 5.41) is 4.29. The molecular weight excluding hydrogens is 298 g/mol. The molecular formula is C20H25N3O. The first-order valence-corrected chi connectivity index (χ1v) is 8.94. The van der Waals surface area contributed by atoms with Gasteiger partial charge in [0.1, 0.15) is 0 Å². The molecule has 126 valence electrons. The fraction of sp³-hybridized carbons (Fsp3) is 0.500. The predicted molar refractivity (Wildman–Crippen MR) is 93.5 cm³/mol. The van der Waals surface area contributed by atoms with Gasteiger partial charge in [-0.15, -0.1) is 0 Å². The molecule has 4 rings (SSSR count). The van der Waals surface area contributed by atoms with E-state index in [9.17, 15) is 4.79 Å². The van der Waals surface area contributed by atoms with Gasteiger partial charge in [-0.2, -0.15) is 5.10 Å². The lowest BCUT2D eigenvalue weighted by atomic mass is 9.75. The molecule has 2 aromatic rings. The monoisotopic (exact) mass is 323 g/mol. The van der Waals surface area contributed by atoms with Crippen molar-refractivity contribution in [2.45, 2.75) is 44.6 Å². The molecule has 1 atom stereocenters. The van der Waals surface area contributed by atoms with Crippen LogP contribution in [-0.4, -0.2) is 33.7 Å². The van der Waals surface area contributed by atoms with Gasteiger partial charge >= 0.3 is 0 Å². The van der Waals surface area contributed by atoms with E-state index < -0.39 is 0 Å². The van der Waals surface area contributed by atoms with Crippen molar-refractivity contribution in [3.05, 3.63) is 54.4 Å². The highest BCUT2D eigenvalue weighted by molar-refractivity contribution is 5.85. The van der Waals surface area contributed by atoms with Gasteiger partial charge in [0.2, 0.25) is 5.91 Å². The Kier molecular flexibility index (Phi) is 3.70. The molecule has 4 nitrogen and oxygen atoms in total. The maximum atomic E-state index is 13.2. The minimum absolute atomic E-state index is 0.0664. The van der Waals surface area contributed by atoms with Crippen LogP contribution in [0.5, 0.6) is 0 Å². The normalized spacial score (nSPS) is 25.5. The Morgan fingerprint density at radius 3 is 2.62 bits per heavy atom. The molecule has 1 saturated heterocycles. The lowest BCUT2D eigenvalue weighted by molar-refractivity contribution is -0.139. The van der Waals surface area contributed by atoms with Crippen molar-refractivity contribution in [3.8, 4) is 0 Å². The van der Waals surface area contributed by atoms with E-state index in [1.807, 2.05) is 16.9 Å². The summed E-state index contributed by atoms with van der Waals surface area (Å²) in [6.07, 6.45) is 7.95. The Bertz CT molecular complexity index is 706. The van der Waals surface area contributed by atoms with Gasteiger partial charge in [-0.25, -0.2) is 0 Å². The fourth-order valence-corrected chi connectivity index (χ4v) is 4.12. The first kappa shape index (κ1) is 15.4. The quantitative estimate of drug-likeness (QED) is 0.866. The summed E-state index contributed by atoms with van der Waals surface area (Å²) in [7, 11) is 0. The molecule has 1 aromatic heterocycles. The molecule has 1 amide bonds. The Labute approximate surface area is 143 Å². The summed E-state index contributed by atoms with van der Waals surface area (Å²) in [4.78, 5) is 15.3. The van der Waals surface area contributed by atoms with Crippen LogP contribution in [0.2, 0.25) is 0 Å². The molecule has 4 heteroatoms. The lowest BCUT2D eigenvalue weighted by Crippen LogP contribution is -2.50. The number of aromatic nitrogens is 2. The number of amides is 1. The third kappa shape index (κ3) is 2.74. The van der Waals surface area contributed by atoms with E-state index in [1.165, 1.54) is 5.56 Å². The molecule has 0 bridgehead atoms. The smallest absolute Gasteiger partial charge is 0.230 e. The Morgan fingerprint density at radius 2 is 1.96 bits per heavy atom. The maximum absolute atomic E-state index is 13.2. The molecule has 0 spiro atoms. The first-order chi connectivity index (χ1) is 11.6. The van der Waals surface area contributed by atoms with Crippen LogP contribution in [0.4, 0.5) is 0 Å². The van der Waals surface area contributed by atoms with Crippen LogP contribution in [0.15, 0.2) is 48.8 Å². The molecule has 2 aliphatic rings. The minimum atomic E-state index is -0.207. The number of benzene rings is 1. The summed E-state index contributed by atoms with van der Waals surface area (Å²) in [6, 6.07) is 12.6. The third-order valence-corrected chi connectivity index (χ3v) is 5.79. The molecule has 1 unspecified atom stereocenters. The zero-order valence-electron chi connectivity index (χ0n) is 14.3. The third-order valence-electron chi connectivity index (χ3n) is 5.79. The van der Waals surface area contributed by atoms with E-state index >= 15 is 0 Å². The van der Waals surface area contributed by atoms with Crippen LogP contribution >= 0.6 is 0 Å². The first-order valence-electron chi connectivity index (χ1n) is 8.94. The number of likely N-dealkylation sites (tertiary alicyclic amines) is 1. The summed E-state index contributed by atoms with van der Waals surface area (Å²) >= 11 is 0. The highest BCUT2D eigenvalue weighted by Crippen LogP contribution is 2.49. The molecule has 1 aliphatic carbocycles. The number of nitrogens with zero attached hydrogens (tertiary/aromatic N) is 3. The lowest BCUT2D eigenvalue weighted by Gasteiger charge is -2.42. The van der Waals surface area contributed by atoms with E-state index in [-0.39, 0.29) is 10.8 Å². The van der Waals surface area contributed by atoms with Crippen LogP contribution in [0.25, 0.3) is 0 Å². The van der Waals surface area contributed by atoms with Gasteiger partial charge in [-0.05, 0) is 37.3 Å². The van der Waals surface area contributed by atoms with Crippen LogP contribution in [0.1, 0.15) is 38.2 Å². The number of piperidine rings is 1. The van der Waals surface area contributed by atoms with Gasteiger partial charge in [-0.3, -0.25) is 9.48 Å². The number of hydrogen-bond acceptors (Lipinski definition) is 2. The molecule has 24 heavy (non-hydrogen) atoms. The molecule has 0 radical (unpaired) electrons. The zero-order valence-corrected chi connectivity index (χ0v) is 14.3. The highest BCUT2D eigenvalue weighted by Gasteiger charge is 2.53. The van der Waals surface area contributed by atoms with Crippen molar-refractivity contribution >= 4 is 5.91 Å². The highest BCUT2D eigenvalue weighted by atomic mass is 16.2.